The number of ether oxygens (including phenoxy) is 1. The number of hydrogen-bond acceptors (Lipinski definition) is 3. The minimum absolute atomic E-state index is 0.0696. The van der Waals surface area contributed by atoms with E-state index >= 15 is 0 Å². The third-order valence-corrected chi connectivity index (χ3v) is 4.95. The highest BCUT2D eigenvalue weighted by molar-refractivity contribution is 8.00. The van der Waals surface area contributed by atoms with Gasteiger partial charge in [-0.15, -0.1) is 11.8 Å². The summed E-state index contributed by atoms with van der Waals surface area (Å²) in [4.78, 5) is 16.5. The van der Waals surface area contributed by atoms with Gasteiger partial charge >= 0.3 is 0 Å². The lowest BCUT2D eigenvalue weighted by Crippen LogP contribution is -2.32. The highest BCUT2D eigenvalue weighted by Gasteiger charge is 2.16. The van der Waals surface area contributed by atoms with E-state index in [9.17, 15) is 4.79 Å². The molecule has 2 aromatic rings. The van der Waals surface area contributed by atoms with Gasteiger partial charge in [0.05, 0.1) is 11.9 Å². The Kier molecular flexibility index (Phi) is 4.51. The summed E-state index contributed by atoms with van der Waals surface area (Å²) in [5, 5.41) is 4.15. The summed E-state index contributed by atoms with van der Waals surface area (Å²) in [6.45, 7) is 3.50. The first-order chi connectivity index (χ1) is 10.2. The molecule has 0 bridgehead atoms. The molecule has 2 heterocycles. The first-order valence-corrected chi connectivity index (χ1v) is 8.31. The van der Waals surface area contributed by atoms with E-state index in [0.29, 0.717) is 12.3 Å². The third-order valence-electron chi connectivity index (χ3n) is 3.73. The van der Waals surface area contributed by atoms with Gasteiger partial charge in [-0.05, 0) is 25.8 Å². The maximum atomic E-state index is 11.9. The van der Waals surface area contributed by atoms with Crippen LogP contribution in [0.15, 0.2) is 29.2 Å². The molecule has 4 nitrogen and oxygen atoms in total. The summed E-state index contributed by atoms with van der Waals surface area (Å²) in [5.41, 5.74) is 2.24. The average Bonchev–Trinajstić information content (AvgIpc) is 3.10. The topological polar surface area (TPSA) is 54.1 Å². The number of fused-ring (bicyclic) bond motifs is 1. The van der Waals surface area contributed by atoms with Gasteiger partial charge in [-0.1, -0.05) is 18.2 Å². The zero-order chi connectivity index (χ0) is 14.7. The van der Waals surface area contributed by atoms with Crippen molar-refractivity contribution < 1.29 is 9.53 Å². The summed E-state index contributed by atoms with van der Waals surface area (Å²) in [7, 11) is 0. The number of benzene rings is 1. The normalized spacial score (nSPS) is 18.2. The minimum atomic E-state index is 0.0696. The molecule has 5 heteroatoms. The number of carbonyl (C=O) groups excluding carboxylic acids is 1. The molecule has 1 unspecified atom stereocenters. The van der Waals surface area contributed by atoms with Crippen LogP contribution >= 0.6 is 11.8 Å². The minimum Gasteiger partial charge on any atom is -0.376 e. The van der Waals surface area contributed by atoms with Gasteiger partial charge < -0.3 is 15.0 Å². The number of rotatable bonds is 5. The van der Waals surface area contributed by atoms with Crippen molar-refractivity contribution >= 4 is 28.6 Å². The molecule has 21 heavy (non-hydrogen) atoms. The fraction of sp³-hybridized carbons (Fsp3) is 0.438. The molecule has 0 saturated carbocycles. The van der Waals surface area contributed by atoms with Crippen molar-refractivity contribution in [3.8, 4) is 0 Å². The molecule has 112 valence electrons. The van der Waals surface area contributed by atoms with Crippen molar-refractivity contribution in [1.29, 1.82) is 0 Å². The maximum Gasteiger partial charge on any atom is 0.230 e. The largest absolute Gasteiger partial charge is 0.376 e. The Morgan fingerprint density at radius 1 is 1.48 bits per heavy atom. The van der Waals surface area contributed by atoms with E-state index in [4.69, 9.17) is 4.74 Å². The van der Waals surface area contributed by atoms with E-state index in [1.165, 1.54) is 5.39 Å². The smallest absolute Gasteiger partial charge is 0.230 e. The third kappa shape index (κ3) is 3.41. The van der Waals surface area contributed by atoms with Crippen LogP contribution in [0.1, 0.15) is 18.5 Å². The summed E-state index contributed by atoms with van der Waals surface area (Å²) < 4.78 is 5.50. The number of nitrogens with one attached hydrogen (secondary N) is 2. The Labute approximate surface area is 128 Å². The number of para-hydroxylation sites is 1. The lowest BCUT2D eigenvalue weighted by Gasteiger charge is -2.10. The molecule has 0 aliphatic carbocycles. The predicted octanol–water partition coefficient (Wildman–Crippen LogP) is 2.86. The number of carbonyl (C=O) groups is 1. The SMILES string of the molecule is Cc1[nH]c2ccccc2c1SCC(=O)NCC1CCCO1. The Hall–Kier alpha value is -1.46. The van der Waals surface area contributed by atoms with Crippen molar-refractivity contribution in [2.24, 2.45) is 0 Å². The van der Waals surface area contributed by atoms with Crippen LogP contribution in [0.25, 0.3) is 10.9 Å². The van der Waals surface area contributed by atoms with Gasteiger partial charge in [-0.2, -0.15) is 0 Å². The second-order valence-electron chi connectivity index (χ2n) is 5.35. The monoisotopic (exact) mass is 304 g/mol. The Bertz CT molecular complexity index is 632. The molecule has 1 aliphatic rings. The molecule has 1 atom stereocenters. The van der Waals surface area contributed by atoms with Gasteiger partial charge in [0.2, 0.25) is 5.91 Å². The fourth-order valence-corrected chi connectivity index (χ4v) is 3.64. The Morgan fingerprint density at radius 3 is 3.14 bits per heavy atom. The second kappa shape index (κ2) is 6.54. The molecule has 1 aromatic carbocycles. The van der Waals surface area contributed by atoms with Gasteiger partial charge in [0.1, 0.15) is 0 Å². The zero-order valence-corrected chi connectivity index (χ0v) is 13.0. The lowest BCUT2D eigenvalue weighted by molar-refractivity contribution is -0.119. The summed E-state index contributed by atoms with van der Waals surface area (Å²) in [6.07, 6.45) is 2.35. The molecule has 0 spiro atoms. The standard InChI is InChI=1S/C16H20N2O2S/c1-11-16(13-6-2-3-7-14(13)18-11)21-10-15(19)17-9-12-5-4-8-20-12/h2-3,6-7,12,18H,4-5,8-10H2,1H3,(H,17,19). The van der Waals surface area contributed by atoms with Crippen molar-refractivity contribution in [1.82, 2.24) is 10.3 Å². The van der Waals surface area contributed by atoms with Gasteiger partial charge in [0, 0.05) is 34.6 Å². The van der Waals surface area contributed by atoms with Crippen LogP contribution in [-0.4, -0.2) is 35.9 Å². The average molecular weight is 304 g/mol. The number of aryl methyl sites for hydroxylation is 1. The van der Waals surface area contributed by atoms with E-state index in [2.05, 4.69) is 22.4 Å². The predicted molar refractivity (Wildman–Crippen MR) is 85.7 cm³/mol. The number of amides is 1. The van der Waals surface area contributed by atoms with Crippen molar-refractivity contribution in [2.45, 2.75) is 30.8 Å². The van der Waals surface area contributed by atoms with E-state index in [-0.39, 0.29) is 12.0 Å². The summed E-state index contributed by atoms with van der Waals surface area (Å²) in [6, 6.07) is 8.19. The summed E-state index contributed by atoms with van der Waals surface area (Å²) >= 11 is 1.59. The first kappa shape index (κ1) is 14.5. The number of hydrogen-bond donors (Lipinski definition) is 2. The first-order valence-electron chi connectivity index (χ1n) is 7.32. The molecule has 1 aliphatic heterocycles. The second-order valence-corrected chi connectivity index (χ2v) is 6.34. The van der Waals surface area contributed by atoms with Crippen LogP contribution in [-0.2, 0) is 9.53 Å². The molecular formula is C16H20N2O2S. The maximum absolute atomic E-state index is 11.9. The van der Waals surface area contributed by atoms with Crippen molar-refractivity contribution in [3.63, 3.8) is 0 Å². The number of aromatic amines is 1. The molecule has 1 aromatic heterocycles. The van der Waals surface area contributed by atoms with Crippen LogP contribution in [0.3, 0.4) is 0 Å². The van der Waals surface area contributed by atoms with Crippen LogP contribution in [0.5, 0.6) is 0 Å². The highest BCUT2D eigenvalue weighted by atomic mass is 32.2. The van der Waals surface area contributed by atoms with E-state index in [1.807, 2.05) is 19.1 Å². The van der Waals surface area contributed by atoms with Crippen LogP contribution in [0.2, 0.25) is 0 Å². The van der Waals surface area contributed by atoms with E-state index in [0.717, 1.165) is 35.6 Å². The van der Waals surface area contributed by atoms with Crippen molar-refractivity contribution in [2.75, 3.05) is 18.9 Å². The van der Waals surface area contributed by atoms with Crippen molar-refractivity contribution in [3.05, 3.63) is 30.0 Å². The van der Waals surface area contributed by atoms with Crippen LogP contribution in [0.4, 0.5) is 0 Å². The number of thioether (sulfide) groups is 1. The zero-order valence-electron chi connectivity index (χ0n) is 12.1. The Balaban J connectivity index is 1.56. The summed E-state index contributed by atoms with van der Waals surface area (Å²) in [5.74, 6) is 0.510. The van der Waals surface area contributed by atoms with Crippen LogP contribution < -0.4 is 5.32 Å². The van der Waals surface area contributed by atoms with Gasteiger partial charge in [0.25, 0.3) is 0 Å². The van der Waals surface area contributed by atoms with Gasteiger partial charge in [-0.3, -0.25) is 4.79 Å². The van der Waals surface area contributed by atoms with Gasteiger partial charge in [0.15, 0.2) is 0 Å². The fourth-order valence-electron chi connectivity index (χ4n) is 2.66. The molecule has 1 amide bonds. The quantitative estimate of drug-likeness (QED) is 0.835. The molecule has 0 radical (unpaired) electrons. The van der Waals surface area contributed by atoms with Crippen LogP contribution in [0, 0.1) is 6.92 Å². The molecule has 3 rings (SSSR count). The molecular weight excluding hydrogens is 284 g/mol. The molecule has 2 N–H and O–H groups in total. The number of aromatic nitrogens is 1. The molecule has 1 saturated heterocycles. The number of H-pyrrole nitrogens is 1. The lowest BCUT2D eigenvalue weighted by atomic mass is 10.2. The van der Waals surface area contributed by atoms with E-state index in [1.54, 1.807) is 11.8 Å². The van der Waals surface area contributed by atoms with Gasteiger partial charge in [-0.25, -0.2) is 0 Å². The highest BCUT2D eigenvalue weighted by Crippen LogP contribution is 2.31. The van der Waals surface area contributed by atoms with E-state index < -0.39 is 0 Å². The Morgan fingerprint density at radius 2 is 2.33 bits per heavy atom. The molecule has 1 fully saturated rings.